The average molecular weight is 456 g/mol. The number of benzene rings is 2. The van der Waals surface area contributed by atoms with Gasteiger partial charge in [-0.1, -0.05) is 53.5 Å². The van der Waals surface area contributed by atoms with Crippen molar-refractivity contribution in [3.8, 4) is 0 Å². The van der Waals surface area contributed by atoms with Crippen LogP contribution in [0.15, 0.2) is 48.5 Å². The maximum atomic E-state index is 12.7. The van der Waals surface area contributed by atoms with Crippen LogP contribution in [0.3, 0.4) is 0 Å². The van der Waals surface area contributed by atoms with Crippen LogP contribution in [0.1, 0.15) is 12.5 Å². The minimum absolute atomic E-state index is 0.0167. The molecule has 0 spiro atoms. The van der Waals surface area contributed by atoms with Crippen molar-refractivity contribution in [2.45, 2.75) is 18.7 Å². The summed E-state index contributed by atoms with van der Waals surface area (Å²) in [6.45, 7) is 3.45. The van der Waals surface area contributed by atoms with E-state index in [0.29, 0.717) is 41.9 Å². The summed E-state index contributed by atoms with van der Waals surface area (Å²) in [5.41, 5.74) is 1.22. The summed E-state index contributed by atoms with van der Waals surface area (Å²) in [7, 11) is -3.39. The summed E-state index contributed by atoms with van der Waals surface area (Å²) in [5, 5.41) is 3.68. The smallest absolute Gasteiger partial charge is 0.241 e. The number of hydrogen-bond donors (Lipinski definition) is 1. The van der Waals surface area contributed by atoms with Gasteiger partial charge in [0.1, 0.15) is 0 Å². The molecule has 1 amide bonds. The number of carbonyl (C=O) groups excluding carboxylic acids is 1. The Hall–Kier alpha value is -1.64. The highest BCUT2D eigenvalue weighted by Crippen LogP contribution is 2.26. The maximum Gasteiger partial charge on any atom is 0.241 e. The van der Waals surface area contributed by atoms with E-state index in [-0.39, 0.29) is 11.7 Å². The summed E-state index contributed by atoms with van der Waals surface area (Å²) >= 11 is 12.1. The maximum absolute atomic E-state index is 12.7. The number of nitrogens with one attached hydrogen (secondary N) is 1. The number of sulfonamides is 1. The van der Waals surface area contributed by atoms with Crippen LogP contribution in [-0.4, -0.2) is 55.8 Å². The molecule has 6 nitrogen and oxygen atoms in total. The van der Waals surface area contributed by atoms with Gasteiger partial charge in [-0.15, -0.1) is 0 Å². The number of halogens is 2. The van der Waals surface area contributed by atoms with Crippen molar-refractivity contribution in [2.75, 3.05) is 31.5 Å². The quantitative estimate of drug-likeness (QED) is 0.723. The van der Waals surface area contributed by atoms with Gasteiger partial charge in [0.15, 0.2) is 0 Å². The lowest BCUT2D eigenvalue weighted by molar-refractivity contribution is -0.121. The van der Waals surface area contributed by atoms with Crippen LogP contribution in [0.5, 0.6) is 0 Å². The van der Waals surface area contributed by atoms with E-state index in [9.17, 15) is 13.2 Å². The zero-order chi connectivity index (χ0) is 21.0. The Bertz CT molecular complexity index is 962. The molecule has 3 rings (SSSR count). The van der Waals surface area contributed by atoms with Crippen molar-refractivity contribution in [3.05, 3.63) is 64.1 Å². The highest BCUT2D eigenvalue weighted by atomic mass is 35.5. The zero-order valence-electron chi connectivity index (χ0n) is 16.0. The molecule has 1 atom stereocenters. The average Bonchev–Trinajstić information content (AvgIpc) is 2.70. The summed E-state index contributed by atoms with van der Waals surface area (Å²) in [6.07, 6.45) is 0. The summed E-state index contributed by atoms with van der Waals surface area (Å²) in [5.74, 6) is -0.230. The van der Waals surface area contributed by atoms with Crippen molar-refractivity contribution in [1.29, 1.82) is 0 Å². The third-order valence-corrected chi connectivity index (χ3v) is 7.39. The van der Waals surface area contributed by atoms with Gasteiger partial charge >= 0.3 is 0 Å². The topological polar surface area (TPSA) is 69.7 Å². The molecular weight excluding hydrogens is 433 g/mol. The Morgan fingerprint density at radius 2 is 1.72 bits per heavy atom. The normalized spacial score (nSPS) is 17.1. The van der Waals surface area contributed by atoms with Crippen molar-refractivity contribution in [1.82, 2.24) is 9.21 Å². The monoisotopic (exact) mass is 455 g/mol. The predicted molar refractivity (Wildman–Crippen MR) is 117 cm³/mol. The van der Waals surface area contributed by atoms with E-state index >= 15 is 0 Å². The first-order valence-electron chi connectivity index (χ1n) is 9.28. The first kappa shape index (κ1) is 22.1. The standard InChI is InChI=1S/C20H23Cl2N3O3S/c1-15(20(26)23-19-13-17(21)7-8-18(19)22)24-9-11-25(12-10-24)29(27,28)14-16-5-3-2-4-6-16/h2-8,13,15H,9-12,14H2,1H3,(H,23,26). The van der Waals surface area contributed by atoms with Crippen molar-refractivity contribution >= 4 is 44.8 Å². The third-order valence-electron chi connectivity index (χ3n) is 4.97. The molecule has 1 fully saturated rings. The molecule has 1 N–H and O–H groups in total. The molecule has 0 radical (unpaired) electrons. The van der Waals surface area contributed by atoms with Gasteiger partial charge in [-0.05, 0) is 30.7 Å². The van der Waals surface area contributed by atoms with Gasteiger partial charge in [0.05, 0.1) is 22.5 Å². The number of nitrogens with zero attached hydrogens (tertiary/aromatic N) is 2. The molecule has 2 aromatic carbocycles. The molecule has 0 aromatic heterocycles. The van der Waals surface area contributed by atoms with E-state index in [4.69, 9.17) is 23.2 Å². The van der Waals surface area contributed by atoms with Crippen molar-refractivity contribution < 1.29 is 13.2 Å². The van der Waals surface area contributed by atoms with Crippen LogP contribution in [0.2, 0.25) is 10.0 Å². The Balaban J connectivity index is 1.56. The molecule has 1 unspecified atom stereocenters. The van der Waals surface area contributed by atoms with Gasteiger partial charge < -0.3 is 5.32 Å². The fourth-order valence-corrected chi connectivity index (χ4v) is 5.09. The van der Waals surface area contributed by atoms with Gasteiger partial charge in [-0.2, -0.15) is 4.31 Å². The van der Waals surface area contributed by atoms with Gasteiger partial charge in [-0.3, -0.25) is 9.69 Å². The highest BCUT2D eigenvalue weighted by molar-refractivity contribution is 7.88. The second kappa shape index (κ2) is 9.45. The van der Waals surface area contributed by atoms with Crippen LogP contribution in [-0.2, 0) is 20.6 Å². The van der Waals surface area contributed by atoms with Crippen LogP contribution < -0.4 is 5.32 Å². The van der Waals surface area contributed by atoms with Gasteiger partial charge in [-0.25, -0.2) is 8.42 Å². The van der Waals surface area contributed by atoms with E-state index in [0.717, 1.165) is 5.56 Å². The zero-order valence-corrected chi connectivity index (χ0v) is 18.3. The number of anilines is 1. The van der Waals surface area contributed by atoms with Crippen molar-refractivity contribution in [2.24, 2.45) is 0 Å². The Morgan fingerprint density at radius 1 is 1.07 bits per heavy atom. The lowest BCUT2D eigenvalue weighted by Gasteiger charge is -2.36. The lowest BCUT2D eigenvalue weighted by Crippen LogP contribution is -2.54. The van der Waals surface area contributed by atoms with E-state index in [2.05, 4.69) is 5.32 Å². The SMILES string of the molecule is CC(C(=O)Nc1cc(Cl)ccc1Cl)N1CCN(S(=O)(=O)Cc2ccccc2)CC1. The van der Waals surface area contributed by atoms with E-state index < -0.39 is 16.1 Å². The number of rotatable bonds is 6. The van der Waals surface area contributed by atoms with Crippen LogP contribution in [0.4, 0.5) is 5.69 Å². The number of carbonyl (C=O) groups is 1. The molecule has 2 aromatic rings. The molecule has 1 aliphatic rings. The number of amides is 1. The molecule has 9 heteroatoms. The summed E-state index contributed by atoms with van der Waals surface area (Å²) in [4.78, 5) is 14.6. The van der Waals surface area contributed by atoms with Crippen molar-refractivity contribution in [3.63, 3.8) is 0 Å². The number of hydrogen-bond acceptors (Lipinski definition) is 4. The van der Waals surface area contributed by atoms with Crippen LogP contribution in [0, 0.1) is 0 Å². The lowest BCUT2D eigenvalue weighted by atomic mass is 10.2. The summed E-state index contributed by atoms with van der Waals surface area (Å²) in [6, 6.07) is 13.6. The Morgan fingerprint density at radius 3 is 2.38 bits per heavy atom. The molecule has 0 aliphatic carbocycles. The largest absolute Gasteiger partial charge is 0.323 e. The Labute approximate surface area is 181 Å². The molecule has 1 saturated heterocycles. The first-order chi connectivity index (χ1) is 13.8. The second-order valence-electron chi connectivity index (χ2n) is 6.97. The molecule has 1 heterocycles. The van der Waals surface area contributed by atoms with E-state index in [1.807, 2.05) is 23.1 Å². The first-order valence-corrected chi connectivity index (χ1v) is 11.6. The van der Waals surface area contributed by atoms with Crippen LogP contribution >= 0.6 is 23.2 Å². The molecule has 0 bridgehead atoms. The van der Waals surface area contributed by atoms with Crippen LogP contribution in [0.25, 0.3) is 0 Å². The van der Waals surface area contributed by atoms with Gasteiger partial charge in [0.2, 0.25) is 15.9 Å². The van der Waals surface area contributed by atoms with Gasteiger partial charge in [0.25, 0.3) is 0 Å². The minimum atomic E-state index is -3.39. The fourth-order valence-electron chi connectivity index (χ4n) is 3.24. The van der Waals surface area contributed by atoms with E-state index in [1.54, 1.807) is 37.3 Å². The second-order valence-corrected chi connectivity index (χ2v) is 9.78. The summed E-state index contributed by atoms with van der Waals surface area (Å²) < 4.78 is 26.8. The molecule has 156 valence electrons. The van der Waals surface area contributed by atoms with E-state index in [1.165, 1.54) is 4.31 Å². The molecule has 29 heavy (non-hydrogen) atoms. The third kappa shape index (κ3) is 5.71. The van der Waals surface area contributed by atoms with Gasteiger partial charge in [0, 0.05) is 31.2 Å². The molecule has 1 aliphatic heterocycles. The molecule has 0 saturated carbocycles. The fraction of sp³-hybridized carbons (Fsp3) is 0.350. The predicted octanol–water partition coefficient (Wildman–Crippen LogP) is 3.47. The minimum Gasteiger partial charge on any atom is -0.323 e. The number of piperazine rings is 1. The molecular formula is C20H23Cl2N3O3S. The Kier molecular flexibility index (Phi) is 7.19. The highest BCUT2D eigenvalue weighted by Gasteiger charge is 2.31.